The highest BCUT2D eigenvalue weighted by molar-refractivity contribution is 5.78. The predicted octanol–water partition coefficient (Wildman–Crippen LogP) is 5.16. The van der Waals surface area contributed by atoms with Crippen molar-refractivity contribution in [3.63, 3.8) is 0 Å². The Morgan fingerprint density at radius 3 is 1.97 bits per heavy atom. The fourth-order valence-electron chi connectivity index (χ4n) is 3.98. The Labute approximate surface area is 173 Å². The van der Waals surface area contributed by atoms with E-state index in [4.69, 9.17) is 0 Å². The number of aliphatic hydroxyl groups is 2. The molecule has 6 heteroatoms. The predicted molar refractivity (Wildman–Crippen MR) is 109 cm³/mol. The lowest BCUT2D eigenvalue weighted by Gasteiger charge is -2.32. The highest BCUT2D eigenvalue weighted by Gasteiger charge is 2.51. The lowest BCUT2D eigenvalue weighted by molar-refractivity contribution is -0.547. The molecule has 30 heavy (non-hydrogen) atoms. The van der Waals surface area contributed by atoms with Crippen LogP contribution in [0.25, 0.3) is 0 Å². The van der Waals surface area contributed by atoms with Gasteiger partial charge in [-0.2, -0.15) is 4.58 Å². The van der Waals surface area contributed by atoms with Crippen molar-refractivity contribution < 1.29 is 28.7 Å². The first-order valence-corrected chi connectivity index (χ1v) is 9.77. The molecule has 3 aromatic rings. The van der Waals surface area contributed by atoms with Crippen molar-refractivity contribution in [1.29, 1.82) is 0 Å². The number of nitrogens with zero attached hydrogens (tertiary/aromatic N) is 1. The first-order valence-electron chi connectivity index (χ1n) is 9.77. The first-order chi connectivity index (χ1) is 14.4. The fourth-order valence-corrected chi connectivity index (χ4v) is 3.98. The van der Waals surface area contributed by atoms with Gasteiger partial charge in [0.1, 0.15) is 23.3 Å². The number of hydrogen-bond acceptors (Lipinski definition) is 2. The molecule has 3 aromatic carbocycles. The topological polar surface area (TPSA) is 63.7 Å². The van der Waals surface area contributed by atoms with Crippen molar-refractivity contribution in [2.24, 2.45) is 5.92 Å². The van der Waals surface area contributed by atoms with E-state index < -0.39 is 6.10 Å². The van der Waals surface area contributed by atoms with Gasteiger partial charge in [0.25, 0.3) is 0 Å². The van der Waals surface area contributed by atoms with E-state index in [-0.39, 0.29) is 35.2 Å². The average Bonchev–Trinajstić information content (AvgIpc) is 2.74. The lowest BCUT2D eigenvalue weighted by atomic mass is 9.81. The Morgan fingerprint density at radius 2 is 1.37 bits per heavy atom. The van der Waals surface area contributed by atoms with Crippen LogP contribution in [0, 0.1) is 17.6 Å². The molecular formula is C24H22F2NO3+. The summed E-state index contributed by atoms with van der Waals surface area (Å²) in [6.07, 6.45) is 0.0959. The van der Waals surface area contributed by atoms with Crippen molar-refractivity contribution >= 4 is 11.6 Å². The highest BCUT2D eigenvalue weighted by Crippen LogP contribution is 2.43. The van der Waals surface area contributed by atoms with E-state index in [2.05, 4.69) is 0 Å². The molecule has 0 bridgehead atoms. The third-order valence-corrected chi connectivity index (χ3v) is 5.58. The number of rotatable bonds is 6. The van der Waals surface area contributed by atoms with Crippen LogP contribution in [-0.2, 0) is 0 Å². The van der Waals surface area contributed by atoms with Crippen molar-refractivity contribution in [3.05, 3.63) is 95.6 Å². The Bertz CT molecular complexity index is 1050. The second kappa shape index (κ2) is 8.24. The maximum Gasteiger partial charge on any atom is 0.350 e. The lowest BCUT2D eigenvalue weighted by Crippen LogP contribution is -2.45. The zero-order valence-electron chi connectivity index (χ0n) is 16.1. The van der Waals surface area contributed by atoms with E-state index in [1.54, 1.807) is 53.1 Å². The fraction of sp³-hybridized carbons (Fsp3) is 0.208. The summed E-state index contributed by atoms with van der Waals surface area (Å²) in [6.45, 7) is 0. The Hall–Kier alpha value is -3.25. The molecule has 3 N–H and O–H groups in total. The van der Waals surface area contributed by atoms with Crippen LogP contribution in [0.15, 0.2) is 72.8 Å². The summed E-state index contributed by atoms with van der Waals surface area (Å²) in [6, 6.07) is 18.1. The molecule has 0 amide bonds. The number of phenols is 1. The highest BCUT2D eigenvalue weighted by atomic mass is 19.1. The van der Waals surface area contributed by atoms with Crippen molar-refractivity contribution in [2.45, 2.75) is 25.0 Å². The molecule has 4 rings (SSSR count). The van der Waals surface area contributed by atoms with Crippen LogP contribution < -0.4 is 0 Å². The number of aliphatic hydroxyl groups excluding tert-OH is 2. The third-order valence-electron chi connectivity index (χ3n) is 5.58. The standard InChI is InChI=1S/C24H21F2NO3/c25-17-5-1-15(2-6-17)22(29)14-13-21-23(16-3-11-20(28)12-4-16)27(24(21)30)19-9-7-18(26)8-10-19/h1-12,21-23,28-29H,13-14H2/p+1. The summed E-state index contributed by atoms with van der Waals surface area (Å²) in [5.74, 6) is -0.694. The van der Waals surface area contributed by atoms with Crippen LogP contribution in [0.1, 0.15) is 36.1 Å². The van der Waals surface area contributed by atoms with E-state index in [9.17, 15) is 24.1 Å². The van der Waals surface area contributed by atoms with Crippen LogP contribution in [0.2, 0.25) is 0 Å². The van der Waals surface area contributed by atoms with Gasteiger partial charge in [0.05, 0.1) is 6.10 Å². The van der Waals surface area contributed by atoms with Gasteiger partial charge in [0, 0.05) is 17.7 Å². The van der Waals surface area contributed by atoms with Crippen LogP contribution in [0.5, 0.6) is 5.75 Å². The van der Waals surface area contributed by atoms with Gasteiger partial charge in [0.15, 0.2) is 0 Å². The minimum absolute atomic E-state index is 0.142. The molecule has 3 unspecified atom stereocenters. The van der Waals surface area contributed by atoms with Gasteiger partial charge in [0.2, 0.25) is 11.7 Å². The summed E-state index contributed by atoms with van der Waals surface area (Å²) >= 11 is 0. The van der Waals surface area contributed by atoms with Gasteiger partial charge < -0.3 is 15.3 Å². The molecule has 0 fully saturated rings. The van der Waals surface area contributed by atoms with Crippen LogP contribution >= 0.6 is 0 Å². The summed E-state index contributed by atoms with van der Waals surface area (Å²) in [5, 5.41) is 30.8. The molecule has 4 nitrogen and oxygen atoms in total. The maximum atomic E-state index is 13.3. The maximum absolute atomic E-state index is 13.3. The third kappa shape index (κ3) is 3.91. The van der Waals surface area contributed by atoms with Gasteiger partial charge in [-0.1, -0.05) is 12.1 Å². The van der Waals surface area contributed by atoms with E-state index in [0.29, 0.717) is 24.1 Å². The number of halogens is 2. The Kier molecular flexibility index (Phi) is 5.50. The molecule has 154 valence electrons. The molecule has 1 aliphatic rings. The van der Waals surface area contributed by atoms with Crippen molar-refractivity contribution in [3.8, 4) is 5.75 Å². The molecule has 1 aliphatic heterocycles. The minimum Gasteiger partial charge on any atom is -0.508 e. The molecular weight excluding hydrogens is 388 g/mol. The number of aromatic hydroxyl groups is 1. The van der Waals surface area contributed by atoms with Crippen molar-refractivity contribution in [1.82, 2.24) is 0 Å². The van der Waals surface area contributed by atoms with Crippen LogP contribution in [-0.4, -0.2) is 25.8 Å². The molecule has 0 radical (unpaired) electrons. The molecule has 0 aromatic heterocycles. The number of benzene rings is 3. The summed E-state index contributed by atoms with van der Waals surface area (Å²) in [7, 11) is 0. The monoisotopic (exact) mass is 410 g/mol. The van der Waals surface area contributed by atoms with Gasteiger partial charge in [-0.25, -0.2) is 8.78 Å². The van der Waals surface area contributed by atoms with E-state index in [1.807, 2.05) is 0 Å². The molecule has 0 aliphatic carbocycles. The quantitative estimate of drug-likeness (QED) is 0.492. The second-order valence-electron chi connectivity index (χ2n) is 7.49. The minimum atomic E-state index is -0.779. The van der Waals surface area contributed by atoms with Gasteiger partial charge in [-0.3, -0.25) is 0 Å². The van der Waals surface area contributed by atoms with Gasteiger partial charge in [-0.15, -0.1) is 0 Å². The van der Waals surface area contributed by atoms with Crippen molar-refractivity contribution in [2.75, 3.05) is 0 Å². The number of hydrogen-bond donors (Lipinski definition) is 3. The Morgan fingerprint density at radius 1 is 0.800 bits per heavy atom. The van der Waals surface area contributed by atoms with Crippen LogP contribution in [0.4, 0.5) is 14.5 Å². The number of phenolic OH excluding ortho intramolecular Hbond substituents is 1. The molecule has 0 saturated carbocycles. The molecule has 0 spiro atoms. The molecule has 0 saturated heterocycles. The van der Waals surface area contributed by atoms with E-state index >= 15 is 0 Å². The smallest absolute Gasteiger partial charge is 0.350 e. The SMILES string of the molecule is OC1=[N+](c2ccc(F)cc2)C(c2ccc(O)cc2)C1CCC(O)c1ccc(F)cc1. The summed E-state index contributed by atoms with van der Waals surface area (Å²) < 4.78 is 28.2. The Balaban J connectivity index is 1.59. The largest absolute Gasteiger partial charge is 0.508 e. The van der Waals surface area contributed by atoms with E-state index in [0.717, 1.165) is 5.56 Å². The average molecular weight is 410 g/mol. The first kappa shape index (κ1) is 20.0. The molecule has 3 atom stereocenters. The molecule has 1 heterocycles. The van der Waals surface area contributed by atoms with Gasteiger partial charge in [-0.05, 0) is 66.9 Å². The summed E-state index contributed by atoms with van der Waals surface area (Å²) in [5.41, 5.74) is 2.16. The summed E-state index contributed by atoms with van der Waals surface area (Å²) in [4.78, 5) is 0. The zero-order chi connectivity index (χ0) is 21.3. The van der Waals surface area contributed by atoms with Crippen LogP contribution in [0.3, 0.4) is 0 Å². The van der Waals surface area contributed by atoms with E-state index in [1.165, 1.54) is 24.3 Å². The second-order valence-corrected chi connectivity index (χ2v) is 7.49. The normalized spacial score (nSPS) is 19.4. The van der Waals surface area contributed by atoms with Gasteiger partial charge >= 0.3 is 5.90 Å². The zero-order valence-corrected chi connectivity index (χ0v) is 16.1.